The Bertz CT molecular complexity index is 1030. The fourth-order valence-electron chi connectivity index (χ4n) is 2.64. The topological polar surface area (TPSA) is 48.7 Å². The number of nitrogens with one attached hydrogen (secondary N) is 1. The van der Waals surface area contributed by atoms with Crippen molar-refractivity contribution in [1.82, 2.24) is 4.98 Å². The highest BCUT2D eigenvalue weighted by molar-refractivity contribution is 7.11. The van der Waals surface area contributed by atoms with E-state index in [0.29, 0.717) is 26.5 Å². The van der Waals surface area contributed by atoms with Crippen LogP contribution in [0, 0.1) is 11.3 Å². The zero-order valence-electron chi connectivity index (χ0n) is 14.8. The summed E-state index contributed by atoms with van der Waals surface area (Å²) in [6.07, 6.45) is 1.70. The van der Waals surface area contributed by atoms with E-state index in [1.54, 1.807) is 18.3 Å². The van der Waals surface area contributed by atoms with Gasteiger partial charge in [-0.2, -0.15) is 5.26 Å². The number of rotatable bonds is 5. The molecule has 0 radical (unpaired) electrons. The summed E-state index contributed by atoms with van der Waals surface area (Å²) in [6.45, 7) is 4.27. The molecule has 6 heteroatoms. The van der Waals surface area contributed by atoms with Crippen molar-refractivity contribution in [3.05, 3.63) is 74.7 Å². The fourth-order valence-corrected chi connectivity index (χ4v) is 3.93. The van der Waals surface area contributed by atoms with Gasteiger partial charge in [0.15, 0.2) is 0 Å². The van der Waals surface area contributed by atoms with Gasteiger partial charge in [0.25, 0.3) is 0 Å². The minimum atomic E-state index is 0.381. The number of hydrogen-bond acceptors (Lipinski definition) is 4. The minimum absolute atomic E-state index is 0.381. The third-order valence-electron chi connectivity index (χ3n) is 4.02. The molecule has 1 heterocycles. The van der Waals surface area contributed by atoms with Crippen LogP contribution >= 0.6 is 34.5 Å². The highest BCUT2D eigenvalue weighted by Gasteiger charge is 2.12. The van der Waals surface area contributed by atoms with Crippen LogP contribution < -0.4 is 5.32 Å². The summed E-state index contributed by atoms with van der Waals surface area (Å²) in [5.74, 6) is 0.381. The number of para-hydroxylation sites is 1. The third kappa shape index (κ3) is 4.51. The molecule has 0 amide bonds. The highest BCUT2D eigenvalue weighted by Crippen LogP contribution is 2.32. The lowest BCUT2D eigenvalue weighted by Crippen LogP contribution is -1.97. The maximum absolute atomic E-state index is 9.57. The Hall–Kier alpha value is -2.32. The van der Waals surface area contributed by atoms with Crippen LogP contribution in [0.4, 0.5) is 5.69 Å². The van der Waals surface area contributed by atoms with Gasteiger partial charge in [0.05, 0.1) is 10.7 Å². The lowest BCUT2D eigenvalue weighted by Gasteiger charge is -2.12. The van der Waals surface area contributed by atoms with Gasteiger partial charge >= 0.3 is 0 Å². The monoisotopic (exact) mass is 413 g/mol. The molecule has 3 rings (SSSR count). The second-order valence-corrected chi connectivity index (χ2v) is 7.92. The minimum Gasteiger partial charge on any atom is -0.360 e. The van der Waals surface area contributed by atoms with E-state index in [2.05, 4.69) is 36.3 Å². The summed E-state index contributed by atoms with van der Waals surface area (Å²) in [6, 6.07) is 15.6. The van der Waals surface area contributed by atoms with Gasteiger partial charge in [-0.05, 0) is 35.7 Å². The summed E-state index contributed by atoms with van der Waals surface area (Å²) < 4.78 is 0. The van der Waals surface area contributed by atoms with E-state index in [4.69, 9.17) is 23.2 Å². The molecule has 1 aromatic heterocycles. The Kier molecular flexibility index (Phi) is 6.18. The maximum atomic E-state index is 9.57. The van der Waals surface area contributed by atoms with Crippen molar-refractivity contribution in [3.63, 3.8) is 0 Å². The van der Waals surface area contributed by atoms with Crippen LogP contribution in [0.1, 0.15) is 30.3 Å². The summed E-state index contributed by atoms with van der Waals surface area (Å²) in [5.41, 5.74) is 4.16. The van der Waals surface area contributed by atoms with Crippen LogP contribution in [0.15, 0.2) is 54.0 Å². The number of thiazole rings is 1. The first-order chi connectivity index (χ1) is 13.0. The molecule has 0 aliphatic rings. The highest BCUT2D eigenvalue weighted by atomic mass is 35.5. The fraction of sp³-hybridized carbons (Fsp3) is 0.143. The number of halogens is 2. The predicted octanol–water partition coefficient (Wildman–Crippen LogP) is 7.22. The van der Waals surface area contributed by atoms with Gasteiger partial charge in [-0.1, -0.05) is 55.2 Å². The van der Waals surface area contributed by atoms with Crippen molar-refractivity contribution in [2.24, 2.45) is 0 Å². The van der Waals surface area contributed by atoms with E-state index >= 15 is 0 Å². The Labute approximate surface area is 172 Å². The SMILES string of the molecule is CC(C)c1ccccc1N/C=C(\C#N)c1nc(-c2ccc(Cl)cc2Cl)cs1. The van der Waals surface area contributed by atoms with Crippen LogP contribution in [-0.2, 0) is 0 Å². The van der Waals surface area contributed by atoms with Crippen molar-refractivity contribution in [1.29, 1.82) is 5.26 Å². The molecule has 3 nitrogen and oxygen atoms in total. The van der Waals surface area contributed by atoms with E-state index in [1.807, 2.05) is 29.6 Å². The first kappa shape index (κ1) is 19.4. The average molecular weight is 414 g/mol. The summed E-state index contributed by atoms with van der Waals surface area (Å²) in [5, 5.41) is 16.4. The van der Waals surface area contributed by atoms with Gasteiger partial charge < -0.3 is 5.32 Å². The number of allylic oxidation sites excluding steroid dienone is 1. The molecule has 27 heavy (non-hydrogen) atoms. The lowest BCUT2D eigenvalue weighted by atomic mass is 10.0. The van der Waals surface area contributed by atoms with Gasteiger partial charge in [-0.3, -0.25) is 0 Å². The summed E-state index contributed by atoms with van der Waals surface area (Å²) in [4.78, 5) is 4.57. The molecule has 0 unspecified atom stereocenters. The molecule has 0 spiro atoms. The lowest BCUT2D eigenvalue weighted by molar-refractivity contribution is 0.869. The van der Waals surface area contributed by atoms with Gasteiger partial charge in [-0.25, -0.2) is 4.98 Å². The quantitative estimate of drug-likeness (QED) is 0.449. The van der Waals surface area contributed by atoms with Crippen LogP contribution in [0.25, 0.3) is 16.8 Å². The summed E-state index contributed by atoms with van der Waals surface area (Å²) in [7, 11) is 0. The molecule has 0 saturated heterocycles. The van der Waals surface area contributed by atoms with Crippen LogP contribution in [0.2, 0.25) is 10.0 Å². The van der Waals surface area contributed by atoms with Crippen LogP contribution in [0.5, 0.6) is 0 Å². The second kappa shape index (κ2) is 8.58. The number of anilines is 1. The van der Waals surface area contributed by atoms with Crippen molar-refractivity contribution in [3.8, 4) is 17.3 Å². The van der Waals surface area contributed by atoms with Crippen molar-refractivity contribution in [2.45, 2.75) is 19.8 Å². The number of benzene rings is 2. The molecule has 3 aromatic rings. The Morgan fingerprint density at radius 2 is 2.00 bits per heavy atom. The first-order valence-electron chi connectivity index (χ1n) is 8.36. The molecule has 0 aliphatic heterocycles. The number of nitriles is 1. The van der Waals surface area contributed by atoms with Crippen molar-refractivity contribution < 1.29 is 0 Å². The Morgan fingerprint density at radius 1 is 1.22 bits per heavy atom. The molecule has 136 valence electrons. The molecule has 0 aliphatic carbocycles. The predicted molar refractivity (Wildman–Crippen MR) is 115 cm³/mol. The van der Waals surface area contributed by atoms with Gasteiger partial charge in [0, 0.05) is 27.9 Å². The second-order valence-electron chi connectivity index (χ2n) is 6.22. The van der Waals surface area contributed by atoms with Gasteiger partial charge in [-0.15, -0.1) is 11.3 Å². The van der Waals surface area contributed by atoms with Gasteiger partial charge in [0.1, 0.15) is 16.6 Å². The average Bonchev–Trinajstić information content (AvgIpc) is 3.12. The number of nitrogens with zero attached hydrogens (tertiary/aromatic N) is 2. The molecule has 0 bridgehead atoms. The zero-order valence-corrected chi connectivity index (χ0v) is 17.2. The van der Waals surface area contributed by atoms with Gasteiger partial charge in [0.2, 0.25) is 0 Å². The molecule has 1 N–H and O–H groups in total. The van der Waals surface area contributed by atoms with Crippen LogP contribution in [0.3, 0.4) is 0 Å². The molecule has 0 atom stereocenters. The van der Waals surface area contributed by atoms with Crippen molar-refractivity contribution in [2.75, 3.05) is 5.32 Å². The third-order valence-corrected chi connectivity index (χ3v) is 5.44. The van der Waals surface area contributed by atoms with Crippen molar-refractivity contribution >= 4 is 45.8 Å². The molecule has 0 saturated carbocycles. The molecular weight excluding hydrogens is 397 g/mol. The van der Waals surface area contributed by atoms with E-state index in [0.717, 1.165) is 16.9 Å². The van der Waals surface area contributed by atoms with E-state index in [9.17, 15) is 5.26 Å². The molecule has 0 fully saturated rings. The van der Waals surface area contributed by atoms with Crippen LogP contribution in [-0.4, -0.2) is 4.98 Å². The largest absolute Gasteiger partial charge is 0.360 e. The summed E-state index contributed by atoms with van der Waals surface area (Å²) >= 11 is 13.6. The number of aromatic nitrogens is 1. The Balaban J connectivity index is 1.88. The standard InChI is InChI=1S/C21H17Cl2N3S/c1-13(2)16-5-3-4-6-19(16)25-11-14(10-24)21-26-20(12-27-21)17-8-7-15(22)9-18(17)23/h3-9,11-13,25H,1-2H3/b14-11+. The smallest absolute Gasteiger partial charge is 0.136 e. The zero-order chi connectivity index (χ0) is 19.4. The van der Waals surface area contributed by atoms with E-state index in [-0.39, 0.29) is 0 Å². The molecular formula is C21H17Cl2N3S. The number of hydrogen-bond donors (Lipinski definition) is 1. The molecule has 2 aromatic carbocycles. The normalized spacial score (nSPS) is 11.5. The Morgan fingerprint density at radius 3 is 2.70 bits per heavy atom. The first-order valence-corrected chi connectivity index (χ1v) is 10.00. The maximum Gasteiger partial charge on any atom is 0.136 e. The van der Waals surface area contributed by atoms with E-state index in [1.165, 1.54) is 16.9 Å². The van der Waals surface area contributed by atoms with E-state index < -0.39 is 0 Å².